The SMILES string of the molecule is CCCNC1CCCN(C(=O)c2ccc(OC)c(O)c2)C1. The molecule has 1 heterocycles. The van der Waals surface area contributed by atoms with Crippen molar-refractivity contribution in [3.63, 3.8) is 0 Å². The lowest BCUT2D eigenvalue weighted by atomic mass is 10.0. The zero-order valence-electron chi connectivity index (χ0n) is 12.8. The fourth-order valence-electron chi connectivity index (χ4n) is 2.68. The zero-order chi connectivity index (χ0) is 15.2. The van der Waals surface area contributed by atoms with Gasteiger partial charge in [-0.25, -0.2) is 0 Å². The summed E-state index contributed by atoms with van der Waals surface area (Å²) >= 11 is 0. The van der Waals surface area contributed by atoms with Crippen LogP contribution < -0.4 is 10.1 Å². The first-order valence-corrected chi connectivity index (χ1v) is 7.55. The summed E-state index contributed by atoms with van der Waals surface area (Å²) in [5.41, 5.74) is 0.504. The highest BCUT2D eigenvalue weighted by molar-refractivity contribution is 5.95. The molecule has 1 atom stereocenters. The summed E-state index contributed by atoms with van der Waals surface area (Å²) in [5.74, 6) is 0.352. The standard InChI is InChI=1S/C16H24N2O3/c1-3-8-17-13-5-4-9-18(11-13)16(20)12-6-7-15(21-2)14(19)10-12/h6-7,10,13,17,19H,3-5,8-9,11H2,1-2H3. The quantitative estimate of drug-likeness (QED) is 0.871. The largest absolute Gasteiger partial charge is 0.504 e. The summed E-state index contributed by atoms with van der Waals surface area (Å²) in [5, 5.41) is 13.3. The van der Waals surface area contributed by atoms with E-state index in [1.54, 1.807) is 12.1 Å². The molecule has 2 rings (SSSR count). The van der Waals surface area contributed by atoms with Crippen LogP contribution in [0.5, 0.6) is 11.5 Å². The number of aromatic hydroxyl groups is 1. The molecule has 1 aliphatic heterocycles. The Morgan fingerprint density at radius 3 is 3.00 bits per heavy atom. The summed E-state index contributed by atoms with van der Waals surface area (Å²) in [6, 6.07) is 5.17. The number of methoxy groups -OCH3 is 1. The molecule has 0 spiro atoms. The minimum Gasteiger partial charge on any atom is -0.504 e. The predicted molar refractivity (Wildman–Crippen MR) is 81.9 cm³/mol. The topological polar surface area (TPSA) is 61.8 Å². The molecule has 0 saturated carbocycles. The molecule has 2 N–H and O–H groups in total. The smallest absolute Gasteiger partial charge is 0.254 e. The Morgan fingerprint density at radius 2 is 2.33 bits per heavy atom. The molecule has 1 fully saturated rings. The molecule has 1 amide bonds. The number of hydrogen-bond donors (Lipinski definition) is 2. The van der Waals surface area contributed by atoms with Crippen molar-refractivity contribution in [2.45, 2.75) is 32.2 Å². The predicted octanol–water partition coefficient (Wildman–Crippen LogP) is 2.00. The minimum atomic E-state index is -0.0315. The van der Waals surface area contributed by atoms with Gasteiger partial charge in [0, 0.05) is 24.7 Å². The number of benzene rings is 1. The number of rotatable bonds is 5. The molecule has 1 aromatic carbocycles. The van der Waals surface area contributed by atoms with E-state index in [2.05, 4.69) is 12.2 Å². The van der Waals surface area contributed by atoms with Gasteiger partial charge < -0.3 is 20.1 Å². The fraction of sp³-hybridized carbons (Fsp3) is 0.562. The second-order valence-corrected chi connectivity index (χ2v) is 5.43. The van der Waals surface area contributed by atoms with E-state index in [4.69, 9.17) is 4.74 Å². The van der Waals surface area contributed by atoms with Crippen LogP contribution in [0.15, 0.2) is 18.2 Å². The minimum absolute atomic E-state index is 0.000942. The summed E-state index contributed by atoms with van der Waals surface area (Å²) in [6.45, 7) is 4.62. The first-order valence-electron chi connectivity index (χ1n) is 7.55. The molecule has 21 heavy (non-hydrogen) atoms. The lowest BCUT2D eigenvalue weighted by Gasteiger charge is -2.33. The molecule has 116 valence electrons. The van der Waals surface area contributed by atoms with Gasteiger partial charge in [0.1, 0.15) is 0 Å². The summed E-state index contributed by atoms with van der Waals surface area (Å²) < 4.78 is 5.00. The third kappa shape index (κ3) is 3.88. The number of carbonyl (C=O) groups is 1. The molecule has 1 aromatic rings. The van der Waals surface area contributed by atoms with E-state index in [0.717, 1.165) is 38.9 Å². The average molecular weight is 292 g/mol. The van der Waals surface area contributed by atoms with Crippen LogP contribution in [0.25, 0.3) is 0 Å². The number of likely N-dealkylation sites (tertiary alicyclic amines) is 1. The molecule has 0 aliphatic carbocycles. The van der Waals surface area contributed by atoms with Gasteiger partial charge in [0.15, 0.2) is 11.5 Å². The van der Waals surface area contributed by atoms with Gasteiger partial charge in [0.2, 0.25) is 0 Å². The van der Waals surface area contributed by atoms with E-state index in [1.807, 2.05) is 4.90 Å². The second kappa shape index (κ2) is 7.31. The lowest BCUT2D eigenvalue weighted by Crippen LogP contribution is -2.48. The molecular weight excluding hydrogens is 268 g/mol. The van der Waals surface area contributed by atoms with Crippen LogP contribution in [-0.2, 0) is 0 Å². The first kappa shape index (κ1) is 15.6. The van der Waals surface area contributed by atoms with Crippen molar-refractivity contribution >= 4 is 5.91 Å². The Morgan fingerprint density at radius 1 is 1.52 bits per heavy atom. The van der Waals surface area contributed by atoms with Crippen LogP contribution in [-0.4, -0.2) is 48.7 Å². The van der Waals surface area contributed by atoms with Gasteiger partial charge >= 0.3 is 0 Å². The second-order valence-electron chi connectivity index (χ2n) is 5.43. The molecule has 5 heteroatoms. The van der Waals surface area contributed by atoms with E-state index >= 15 is 0 Å². The van der Waals surface area contributed by atoms with Crippen molar-refractivity contribution in [3.05, 3.63) is 23.8 Å². The highest BCUT2D eigenvalue weighted by atomic mass is 16.5. The number of ether oxygens (including phenoxy) is 1. The number of hydrogen-bond acceptors (Lipinski definition) is 4. The third-order valence-electron chi connectivity index (χ3n) is 3.82. The Hall–Kier alpha value is -1.75. The highest BCUT2D eigenvalue weighted by Crippen LogP contribution is 2.27. The number of phenolic OH excluding ortho intramolecular Hbond substituents is 1. The van der Waals surface area contributed by atoms with Gasteiger partial charge in [-0.05, 0) is 44.0 Å². The number of piperidine rings is 1. The molecule has 1 saturated heterocycles. The van der Waals surface area contributed by atoms with Gasteiger partial charge in [0.25, 0.3) is 5.91 Å². The van der Waals surface area contributed by atoms with Gasteiger partial charge in [-0.15, -0.1) is 0 Å². The first-order chi connectivity index (χ1) is 10.2. The summed E-state index contributed by atoms with van der Waals surface area (Å²) in [7, 11) is 1.49. The summed E-state index contributed by atoms with van der Waals surface area (Å²) in [4.78, 5) is 14.4. The van der Waals surface area contributed by atoms with Crippen molar-refractivity contribution in [2.24, 2.45) is 0 Å². The van der Waals surface area contributed by atoms with Crippen LogP contribution in [0.1, 0.15) is 36.5 Å². The number of nitrogens with one attached hydrogen (secondary N) is 1. The molecule has 0 radical (unpaired) electrons. The van der Waals surface area contributed by atoms with Crippen LogP contribution in [0.2, 0.25) is 0 Å². The number of phenols is 1. The molecular formula is C16H24N2O3. The Bertz CT molecular complexity index is 490. The van der Waals surface area contributed by atoms with E-state index < -0.39 is 0 Å². The number of amides is 1. The Labute approximate surface area is 125 Å². The van der Waals surface area contributed by atoms with Gasteiger partial charge in [-0.1, -0.05) is 6.92 Å². The third-order valence-corrected chi connectivity index (χ3v) is 3.82. The maximum absolute atomic E-state index is 12.5. The lowest BCUT2D eigenvalue weighted by molar-refractivity contribution is 0.0694. The zero-order valence-corrected chi connectivity index (χ0v) is 12.8. The van der Waals surface area contributed by atoms with Crippen LogP contribution in [0, 0.1) is 0 Å². The molecule has 1 unspecified atom stereocenters. The molecule has 0 aromatic heterocycles. The molecule has 1 aliphatic rings. The van der Waals surface area contributed by atoms with Crippen LogP contribution in [0.4, 0.5) is 0 Å². The summed E-state index contributed by atoms with van der Waals surface area (Å²) in [6.07, 6.45) is 3.21. The van der Waals surface area contributed by atoms with E-state index in [0.29, 0.717) is 17.4 Å². The van der Waals surface area contributed by atoms with E-state index in [1.165, 1.54) is 13.2 Å². The highest BCUT2D eigenvalue weighted by Gasteiger charge is 2.24. The Balaban J connectivity index is 2.03. The van der Waals surface area contributed by atoms with Crippen LogP contribution >= 0.6 is 0 Å². The Kier molecular flexibility index (Phi) is 5.44. The number of carbonyl (C=O) groups excluding carboxylic acids is 1. The fourth-order valence-corrected chi connectivity index (χ4v) is 2.68. The molecule has 0 bridgehead atoms. The van der Waals surface area contributed by atoms with Crippen molar-refractivity contribution in [2.75, 3.05) is 26.7 Å². The number of nitrogens with zero attached hydrogens (tertiary/aromatic N) is 1. The van der Waals surface area contributed by atoms with Crippen molar-refractivity contribution in [3.8, 4) is 11.5 Å². The van der Waals surface area contributed by atoms with Crippen LogP contribution in [0.3, 0.4) is 0 Å². The van der Waals surface area contributed by atoms with Gasteiger partial charge in [-0.3, -0.25) is 4.79 Å². The maximum Gasteiger partial charge on any atom is 0.254 e. The van der Waals surface area contributed by atoms with E-state index in [9.17, 15) is 9.90 Å². The van der Waals surface area contributed by atoms with Gasteiger partial charge in [0.05, 0.1) is 7.11 Å². The van der Waals surface area contributed by atoms with Gasteiger partial charge in [-0.2, -0.15) is 0 Å². The molecule has 5 nitrogen and oxygen atoms in total. The van der Waals surface area contributed by atoms with Crippen molar-refractivity contribution in [1.82, 2.24) is 10.2 Å². The van der Waals surface area contributed by atoms with Crippen molar-refractivity contribution < 1.29 is 14.6 Å². The maximum atomic E-state index is 12.5. The normalized spacial score (nSPS) is 18.6. The monoisotopic (exact) mass is 292 g/mol. The average Bonchev–Trinajstić information content (AvgIpc) is 2.52. The van der Waals surface area contributed by atoms with Crippen molar-refractivity contribution in [1.29, 1.82) is 0 Å². The van der Waals surface area contributed by atoms with E-state index in [-0.39, 0.29) is 11.7 Å².